The first kappa shape index (κ1) is 27.6. The van der Waals surface area contributed by atoms with Crippen molar-refractivity contribution in [2.75, 3.05) is 5.32 Å². The second-order valence-electron chi connectivity index (χ2n) is 9.22. The highest BCUT2D eigenvalue weighted by Gasteiger charge is 2.36. The van der Waals surface area contributed by atoms with E-state index in [0.29, 0.717) is 28.1 Å². The summed E-state index contributed by atoms with van der Waals surface area (Å²) in [7, 11) is -3.45. The summed E-state index contributed by atoms with van der Waals surface area (Å²) in [6, 6.07) is 2.02. The van der Waals surface area contributed by atoms with Crippen LogP contribution in [0.15, 0.2) is 27.0 Å². The van der Waals surface area contributed by atoms with Gasteiger partial charge in [-0.15, -0.1) is 16.1 Å². The molecule has 11 heteroatoms. The summed E-state index contributed by atoms with van der Waals surface area (Å²) in [6.07, 6.45) is 0.338. The van der Waals surface area contributed by atoms with Crippen molar-refractivity contribution < 1.29 is 27.6 Å². The zero-order chi connectivity index (χ0) is 25.3. The highest BCUT2D eigenvalue weighted by Crippen LogP contribution is 2.45. The molecule has 0 bridgehead atoms. The smallest absolute Gasteiger partial charge is 0.387 e. The number of nitrogens with two attached hydrogens (primary N) is 1. The minimum Gasteiger partial charge on any atom is -0.435 e. The lowest BCUT2D eigenvalue weighted by molar-refractivity contribution is -0.0499. The number of benzene rings is 1. The average molecular weight is 506 g/mol. The summed E-state index contributed by atoms with van der Waals surface area (Å²) in [6.45, 7) is 9.52. The van der Waals surface area contributed by atoms with Crippen LogP contribution in [0.3, 0.4) is 0 Å². The normalized spacial score (nSPS) is 18.8. The van der Waals surface area contributed by atoms with Gasteiger partial charge in [-0.05, 0) is 62.3 Å². The molecular formula is C22H33F2N3O4S2. The molecule has 0 radical (unpaired) electrons. The van der Waals surface area contributed by atoms with Crippen molar-refractivity contribution in [1.82, 2.24) is 0 Å². The molecule has 1 aliphatic heterocycles. The average Bonchev–Trinajstić information content (AvgIpc) is 3.04. The predicted molar refractivity (Wildman–Crippen MR) is 130 cm³/mol. The summed E-state index contributed by atoms with van der Waals surface area (Å²) in [4.78, 5) is 13.5. The number of aliphatic hydroxyl groups is 1. The lowest BCUT2D eigenvalue weighted by Gasteiger charge is -2.22. The van der Waals surface area contributed by atoms with E-state index in [1.54, 1.807) is 13.8 Å². The number of carbonyl (C=O) groups excluding carboxylic acids is 1. The van der Waals surface area contributed by atoms with Gasteiger partial charge < -0.3 is 15.2 Å². The number of halogens is 2. The fourth-order valence-electron chi connectivity index (χ4n) is 3.67. The van der Waals surface area contributed by atoms with Gasteiger partial charge in [0.05, 0.1) is 5.60 Å². The largest absolute Gasteiger partial charge is 0.435 e. The lowest BCUT2D eigenvalue weighted by atomic mass is 9.92. The lowest BCUT2D eigenvalue weighted by Crippen LogP contribution is -2.27. The van der Waals surface area contributed by atoms with Gasteiger partial charge in [0.1, 0.15) is 20.2 Å². The summed E-state index contributed by atoms with van der Waals surface area (Å²) in [5.74, 6) is -0.265. The zero-order valence-corrected chi connectivity index (χ0v) is 21.6. The van der Waals surface area contributed by atoms with E-state index >= 15 is 0 Å². The number of alkyl halides is 2. The molecule has 2 rings (SSSR count). The van der Waals surface area contributed by atoms with Gasteiger partial charge in [0.2, 0.25) is 0 Å². The topological polar surface area (TPSA) is 114 Å². The molecule has 1 aromatic rings. The Balaban J connectivity index is 2.39. The van der Waals surface area contributed by atoms with Crippen molar-refractivity contribution in [1.29, 1.82) is 0 Å². The Kier molecular flexibility index (Phi) is 8.59. The maximum Gasteiger partial charge on any atom is 0.387 e. The first-order chi connectivity index (χ1) is 15.0. The molecular weight excluding hydrogens is 472 g/mol. The van der Waals surface area contributed by atoms with Crippen LogP contribution in [0.25, 0.3) is 0 Å². The maximum absolute atomic E-state index is 13.1. The fraction of sp³-hybridized carbons (Fsp3) is 0.591. The molecule has 33 heavy (non-hydrogen) atoms. The number of anilines is 1. The van der Waals surface area contributed by atoms with E-state index in [-0.39, 0.29) is 17.6 Å². The van der Waals surface area contributed by atoms with Gasteiger partial charge in [-0.1, -0.05) is 33.3 Å². The number of rotatable bonds is 7. The Morgan fingerprint density at radius 3 is 2.18 bits per heavy atom. The molecule has 1 aromatic carbocycles. The van der Waals surface area contributed by atoms with Crippen LogP contribution in [0, 0.1) is 0 Å². The molecule has 0 spiro atoms. The number of ether oxygens (including phenoxy) is 1. The fourth-order valence-corrected chi connectivity index (χ4v) is 6.72. The third-order valence-corrected chi connectivity index (χ3v) is 9.14. The highest BCUT2D eigenvalue weighted by atomic mass is 32.3. The van der Waals surface area contributed by atoms with E-state index < -0.39 is 32.7 Å². The van der Waals surface area contributed by atoms with Crippen LogP contribution in [0.2, 0.25) is 0 Å². The number of allylic oxidation sites excluding steroid dienone is 1. The number of nitrogens with zero attached hydrogens (tertiary/aromatic N) is 1. The van der Waals surface area contributed by atoms with E-state index in [0.717, 1.165) is 5.57 Å². The van der Waals surface area contributed by atoms with Gasteiger partial charge in [-0.2, -0.15) is 8.78 Å². The summed E-state index contributed by atoms with van der Waals surface area (Å²) >= 11 is 1.17. The molecule has 4 N–H and O–H groups in total. The van der Waals surface area contributed by atoms with Crippen LogP contribution in [0.4, 0.5) is 19.3 Å². The molecule has 1 heterocycles. The summed E-state index contributed by atoms with van der Waals surface area (Å²) < 4.78 is 46.4. The van der Waals surface area contributed by atoms with Crippen LogP contribution >= 0.6 is 11.8 Å². The molecule has 0 aromatic heterocycles. The maximum atomic E-state index is 13.1. The van der Waals surface area contributed by atoms with E-state index in [4.69, 9.17) is 5.14 Å². The molecule has 2 amide bonds. The molecule has 0 saturated carbocycles. The van der Waals surface area contributed by atoms with Crippen LogP contribution < -0.4 is 15.2 Å². The first-order valence-electron chi connectivity index (χ1n) is 10.6. The molecule has 7 nitrogen and oxygen atoms in total. The second kappa shape index (κ2) is 10.3. The number of urea groups is 1. The number of amides is 2. The number of carbonyl (C=O) groups is 1. The minimum absolute atomic E-state index is 0.00184. The zero-order valence-electron chi connectivity index (χ0n) is 19.9. The van der Waals surface area contributed by atoms with E-state index in [1.807, 2.05) is 34.6 Å². The SMILES string of the molecule is CC1=C(C(C)(C)O)SC(S(N)(=O)=NC(=O)Nc2c(C(C)C)cc(OC(F)F)cc2C(C)C)C1. The standard InChI is InChI=1S/C22H33F2N3O4S2/c1-11(2)15-9-14(31-20(23)24)10-16(12(3)4)18(15)26-21(28)27-33(25,30)17-8-13(5)19(32-17)22(6,7)29/h9-12,17,20,29H,8H2,1-7H3,(H3,25,26,27,28,30). The second-order valence-corrected chi connectivity index (χ2v) is 12.7. The molecule has 2 atom stereocenters. The molecule has 1 aliphatic rings. The van der Waals surface area contributed by atoms with Crippen molar-refractivity contribution in [3.05, 3.63) is 33.7 Å². The monoisotopic (exact) mass is 505 g/mol. The van der Waals surface area contributed by atoms with Gasteiger partial charge in [0.15, 0.2) is 0 Å². The van der Waals surface area contributed by atoms with E-state index in [1.165, 1.54) is 23.9 Å². The third-order valence-electron chi connectivity index (χ3n) is 5.14. The van der Waals surface area contributed by atoms with Gasteiger partial charge >= 0.3 is 12.6 Å². The molecule has 0 fully saturated rings. The van der Waals surface area contributed by atoms with Crippen LogP contribution in [-0.4, -0.2) is 32.1 Å². The number of thioether (sulfide) groups is 1. The van der Waals surface area contributed by atoms with E-state index in [2.05, 4.69) is 14.4 Å². The Hall–Kier alpha value is -1.69. The number of nitrogens with one attached hydrogen (secondary N) is 1. The van der Waals surface area contributed by atoms with Crippen molar-refractivity contribution >= 4 is 33.4 Å². The quantitative estimate of drug-likeness (QED) is 0.426. The van der Waals surface area contributed by atoms with Crippen LogP contribution in [-0.2, 0) is 9.92 Å². The third kappa shape index (κ3) is 6.91. The molecule has 0 aliphatic carbocycles. The summed E-state index contributed by atoms with van der Waals surface area (Å²) in [5.41, 5.74) is 1.32. The number of hydrogen-bond donors (Lipinski definition) is 3. The Morgan fingerprint density at radius 2 is 1.79 bits per heavy atom. The van der Waals surface area contributed by atoms with Gasteiger partial charge in [-0.3, -0.25) is 0 Å². The highest BCUT2D eigenvalue weighted by molar-refractivity contribution is 8.16. The van der Waals surface area contributed by atoms with Crippen LogP contribution in [0.5, 0.6) is 5.75 Å². The van der Waals surface area contributed by atoms with Crippen molar-refractivity contribution in [2.24, 2.45) is 9.50 Å². The van der Waals surface area contributed by atoms with Gasteiger partial charge in [0.25, 0.3) is 0 Å². The van der Waals surface area contributed by atoms with E-state index in [9.17, 15) is 22.9 Å². The first-order valence-corrected chi connectivity index (χ1v) is 13.1. The number of hydrogen-bond acceptors (Lipinski definition) is 5. The Labute approximate surface area is 198 Å². The predicted octanol–water partition coefficient (Wildman–Crippen LogP) is 5.92. The summed E-state index contributed by atoms with van der Waals surface area (Å²) in [5, 5.41) is 19.0. The molecule has 0 saturated heterocycles. The molecule has 2 unspecified atom stereocenters. The van der Waals surface area contributed by atoms with Gasteiger partial charge in [0, 0.05) is 10.6 Å². The van der Waals surface area contributed by atoms with Crippen molar-refractivity contribution in [2.45, 2.75) is 83.5 Å². The minimum atomic E-state index is -3.45. The van der Waals surface area contributed by atoms with Gasteiger partial charge in [-0.25, -0.2) is 14.1 Å². The Morgan fingerprint density at radius 1 is 1.27 bits per heavy atom. The molecule has 186 valence electrons. The van der Waals surface area contributed by atoms with Crippen LogP contribution in [0.1, 0.15) is 77.8 Å². The Bertz CT molecular complexity index is 1030. The van der Waals surface area contributed by atoms with Crippen molar-refractivity contribution in [3.63, 3.8) is 0 Å². The van der Waals surface area contributed by atoms with Crippen molar-refractivity contribution in [3.8, 4) is 5.75 Å².